The Morgan fingerprint density at radius 2 is 1.73 bits per heavy atom. The van der Waals surface area contributed by atoms with Gasteiger partial charge >= 0.3 is 0 Å². The highest BCUT2D eigenvalue weighted by molar-refractivity contribution is 5.48. The predicted molar refractivity (Wildman–Crippen MR) is 65.4 cm³/mol. The number of benzene rings is 1. The zero-order valence-corrected chi connectivity index (χ0v) is 9.90. The quantitative estimate of drug-likeness (QED) is 0.730. The molecular formula is C13H20N2. The fourth-order valence-corrected chi connectivity index (χ4v) is 2.01. The number of anilines is 1. The van der Waals surface area contributed by atoms with E-state index in [4.69, 9.17) is 0 Å². The number of hydrogen-bond acceptors (Lipinski definition) is 2. The smallest absolute Gasteiger partial charge is 0.0705 e. The molecule has 2 nitrogen and oxygen atoms in total. The van der Waals surface area contributed by atoms with Crippen LogP contribution in [-0.4, -0.2) is 31.7 Å². The first-order valence-electron chi connectivity index (χ1n) is 5.70. The fraction of sp³-hybridized carbons (Fsp3) is 0.538. The monoisotopic (exact) mass is 204 g/mol. The van der Waals surface area contributed by atoms with E-state index in [-0.39, 0.29) is 0 Å². The highest BCUT2D eigenvalue weighted by Crippen LogP contribution is 2.21. The summed E-state index contributed by atoms with van der Waals surface area (Å²) in [5.41, 5.74) is 2.77. The van der Waals surface area contributed by atoms with Crippen LogP contribution in [0.2, 0.25) is 0 Å². The minimum Gasteiger partial charge on any atom is -0.357 e. The van der Waals surface area contributed by atoms with Gasteiger partial charge in [0.15, 0.2) is 0 Å². The fourth-order valence-electron chi connectivity index (χ4n) is 2.01. The molecule has 2 rings (SSSR count). The Morgan fingerprint density at radius 3 is 2.20 bits per heavy atom. The highest BCUT2D eigenvalue weighted by atomic mass is 15.4. The summed E-state index contributed by atoms with van der Waals surface area (Å²) in [6.45, 7) is 7.85. The molecule has 2 heteroatoms. The van der Waals surface area contributed by atoms with Crippen molar-refractivity contribution < 1.29 is 0 Å². The van der Waals surface area contributed by atoms with Crippen molar-refractivity contribution in [2.45, 2.75) is 19.8 Å². The Labute approximate surface area is 92.5 Å². The van der Waals surface area contributed by atoms with Gasteiger partial charge in [-0.15, -0.1) is 0 Å². The molecule has 1 saturated heterocycles. The standard InChI is InChI=1S/C13H20N2/c1-11(2)12-4-6-13(7-5-12)15-9-8-14(3)10-15/h4-7,11H,8-10H2,1-3H3. The molecule has 1 heterocycles. The molecule has 0 unspecified atom stereocenters. The van der Waals surface area contributed by atoms with E-state index in [1.807, 2.05) is 0 Å². The van der Waals surface area contributed by atoms with Crippen LogP contribution in [0.4, 0.5) is 5.69 Å². The lowest BCUT2D eigenvalue weighted by Gasteiger charge is -2.18. The zero-order chi connectivity index (χ0) is 10.8. The Kier molecular flexibility index (Phi) is 2.96. The van der Waals surface area contributed by atoms with E-state index in [0.29, 0.717) is 5.92 Å². The van der Waals surface area contributed by atoms with Crippen LogP contribution in [0.15, 0.2) is 24.3 Å². The molecule has 1 aromatic carbocycles. The summed E-state index contributed by atoms with van der Waals surface area (Å²) >= 11 is 0. The first kappa shape index (κ1) is 10.5. The third kappa shape index (κ3) is 2.32. The topological polar surface area (TPSA) is 6.48 Å². The molecule has 0 atom stereocenters. The van der Waals surface area contributed by atoms with Gasteiger partial charge in [-0.05, 0) is 30.7 Å². The highest BCUT2D eigenvalue weighted by Gasteiger charge is 2.16. The molecule has 0 radical (unpaired) electrons. The van der Waals surface area contributed by atoms with Gasteiger partial charge in [0.25, 0.3) is 0 Å². The molecule has 1 aliphatic rings. The Balaban J connectivity index is 2.10. The van der Waals surface area contributed by atoms with Gasteiger partial charge in [-0.1, -0.05) is 26.0 Å². The maximum atomic E-state index is 2.42. The minimum atomic E-state index is 0.625. The first-order valence-corrected chi connectivity index (χ1v) is 5.70. The van der Waals surface area contributed by atoms with Crippen LogP contribution in [0.5, 0.6) is 0 Å². The second-order valence-electron chi connectivity index (χ2n) is 4.73. The average Bonchev–Trinajstić information content (AvgIpc) is 2.65. The molecule has 1 aliphatic heterocycles. The third-order valence-corrected chi connectivity index (χ3v) is 3.09. The van der Waals surface area contributed by atoms with Crippen molar-refractivity contribution in [2.75, 3.05) is 31.7 Å². The van der Waals surface area contributed by atoms with Crippen molar-refractivity contribution in [3.63, 3.8) is 0 Å². The summed E-state index contributed by atoms with van der Waals surface area (Å²) in [5, 5.41) is 0. The van der Waals surface area contributed by atoms with Gasteiger partial charge < -0.3 is 4.90 Å². The van der Waals surface area contributed by atoms with Crippen molar-refractivity contribution in [1.82, 2.24) is 4.90 Å². The van der Waals surface area contributed by atoms with Crippen LogP contribution in [0, 0.1) is 0 Å². The molecule has 1 fully saturated rings. The van der Waals surface area contributed by atoms with E-state index >= 15 is 0 Å². The number of nitrogens with zero attached hydrogens (tertiary/aromatic N) is 2. The Bertz CT molecular complexity index is 316. The van der Waals surface area contributed by atoms with Crippen LogP contribution in [-0.2, 0) is 0 Å². The van der Waals surface area contributed by atoms with Crippen molar-refractivity contribution in [3.8, 4) is 0 Å². The summed E-state index contributed by atoms with van der Waals surface area (Å²) in [6.07, 6.45) is 0. The molecule has 0 spiro atoms. The van der Waals surface area contributed by atoms with Crippen LogP contribution in [0.3, 0.4) is 0 Å². The van der Waals surface area contributed by atoms with E-state index in [0.717, 1.165) is 13.2 Å². The van der Waals surface area contributed by atoms with E-state index < -0.39 is 0 Å². The number of rotatable bonds is 2. The van der Waals surface area contributed by atoms with Gasteiger partial charge in [0, 0.05) is 18.8 Å². The molecule has 0 amide bonds. The van der Waals surface area contributed by atoms with Crippen LogP contribution < -0.4 is 4.90 Å². The molecule has 0 aromatic heterocycles. The van der Waals surface area contributed by atoms with Crippen molar-refractivity contribution >= 4 is 5.69 Å². The van der Waals surface area contributed by atoms with Gasteiger partial charge in [-0.2, -0.15) is 0 Å². The van der Waals surface area contributed by atoms with E-state index in [9.17, 15) is 0 Å². The Hall–Kier alpha value is -1.02. The molecule has 0 aliphatic carbocycles. The molecule has 15 heavy (non-hydrogen) atoms. The lowest BCUT2D eigenvalue weighted by atomic mass is 10.0. The normalized spacial score (nSPS) is 17.7. The zero-order valence-electron chi connectivity index (χ0n) is 9.90. The molecule has 0 N–H and O–H groups in total. The second-order valence-corrected chi connectivity index (χ2v) is 4.73. The lowest BCUT2D eigenvalue weighted by Crippen LogP contribution is -2.22. The van der Waals surface area contributed by atoms with Crippen LogP contribution in [0.1, 0.15) is 25.3 Å². The number of likely N-dealkylation sites (N-methyl/N-ethyl adjacent to an activating group) is 1. The van der Waals surface area contributed by atoms with Gasteiger partial charge in [0.05, 0.1) is 6.67 Å². The summed E-state index contributed by atoms with van der Waals surface area (Å²) in [7, 11) is 2.17. The van der Waals surface area contributed by atoms with Gasteiger partial charge in [0.1, 0.15) is 0 Å². The van der Waals surface area contributed by atoms with E-state index in [2.05, 4.69) is 55.0 Å². The second kappa shape index (κ2) is 4.23. The number of hydrogen-bond donors (Lipinski definition) is 0. The lowest BCUT2D eigenvalue weighted by molar-refractivity contribution is 0.421. The molecule has 1 aromatic rings. The summed E-state index contributed by atoms with van der Waals surface area (Å²) in [6, 6.07) is 8.99. The van der Waals surface area contributed by atoms with Crippen molar-refractivity contribution in [2.24, 2.45) is 0 Å². The summed E-state index contributed by atoms with van der Waals surface area (Å²) in [4.78, 5) is 4.76. The molecule has 0 bridgehead atoms. The van der Waals surface area contributed by atoms with E-state index in [1.54, 1.807) is 0 Å². The maximum absolute atomic E-state index is 2.42. The molecule has 0 saturated carbocycles. The predicted octanol–water partition coefficient (Wildman–Crippen LogP) is 2.52. The largest absolute Gasteiger partial charge is 0.357 e. The summed E-state index contributed by atoms with van der Waals surface area (Å²) in [5.74, 6) is 0.625. The van der Waals surface area contributed by atoms with Crippen molar-refractivity contribution in [1.29, 1.82) is 0 Å². The molecular weight excluding hydrogens is 184 g/mol. The van der Waals surface area contributed by atoms with Crippen molar-refractivity contribution in [3.05, 3.63) is 29.8 Å². The minimum absolute atomic E-state index is 0.625. The van der Waals surface area contributed by atoms with Gasteiger partial charge in [0.2, 0.25) is 0 Å². The van der Waals surface area contributed by atoms with Crippen LogP contribution >= 0.6 is 0 Å². The maximum Gasteiger partial charge on any atom is 0.0705 e. The molecule has 82 valence electrons. The SMILES string of the molecule is CC(C)c1ccc(N2CCN(C)C2)cc1. The average molecular weight is 204 g/mol. The summed E-state index contributed by atoms with van der Waals surface area (Å²) < 4.78 is 0. The van der Waals surface area contributed by atoms with Gasteiger partial charge in [-0.3, -0.25) is 4.90 Å². The Morgan fingerprint density at radius 1 is 1.07 bits per heavy atom. The van der Waals surface area contributed by atoms with E-state index in [1.165, 1.54) is 17.8 Å². The third-order valence-electron chi connectivity index (χ3n) is 3.09. The van der Waals surface area contributed by atoms with Crippen LogP contribution in [0.25, 0.3) is 0 Å². The van der Waals surface area contributed by atoms with Gasteiger partial charge in [-0.25, -0.2) is 0 Å². The first-order chi connectivity index (χ1) is 7.16.